The molecule has 0 aromatic carbocycles. The third kappa shape index (κ3) is 3.30. The third-order valence-corrected chi connectivity index (χ3v) is 5.62. The highest BCUT2D eigenvalue weighted by Gasteiger charge is 2.31. The van der Waals surface area contributed by atoms with Crippen molar-refractivity contribution in [2.75, 3.05) is 19.7 Å². The number of H-pyrrole nitrogens is 1. The van der Waals surface area contributed by atoms with Crippen LogP contribution < -0.4 is 5.56 Å². The number of aromatic amines is 1. The van der Waals surface area contributed by atoms with Crippen LogP contribution in [-0.4, -0.2) is 46.4 Å². The minimum atomic E-state index is -0.281. The van der Waals surface area contributed by atoms with Gasteiger partial charge in [0.15, 0.2) is 0 Å². The zero-order valence-corrected chi connectivity index (χ0v) is 15.4. The molecule has 2 aromatic heterocycles. The number of aromatic nitrogens is 2. The van der Waals surface area contributed by atoms with Crippen molar-refractivity contribution in [1.29, 1.82) is 0 Å². The number of hydrogen-bond donors (Lipinski definition) is 1. The number of nitrogens with one attached hydrogen (secondary N) is 1. The minimum Gasteiger partial charge on any atom is -0.466 e. The van der Waals surface area contributed by atoms with Gasteiger partial charge < -0.3 is 14.6 Å². The number of thiophene rings is 1. The van der Waals surface area contributed by atoms with E-state index in [-0.39, 0.29) is 23.4 Å². The average Bonchev–Trinajstić information content (AvgIpc) is 2.91. The molecule has 25 heavy (non-hydrogen) atoms. The van der Waals surface area contributed by atoms with Crippen molar-refractivity contribution < 1.29 is 14.3 Å². The van der Waals surface area contributed by atoms with Crippen LogP contribution in [0.3, 0.4) is 0 Å². The molecule has 0 spiro atoms. The van der Waals surface area contributed by atoms with Crippen molar-refractivity contribution in [2.24, 2.45) is 5.92 Å². The molecular formula is C17H21N3O4S. The standard InChI is InChI=1S/C17H21N3O4S/c1-4-24-17(23)11-6-5-7-20(8-11)16(22)13-9(2)12-14(21)18-10(3)19-15(12)25-13/h11H,4-8H2,1-3H3,(H,18,19,21). The number of likely N-dealkylation sites (tertiary alicyclic amines) is 1. The number of aryl methyl sites for hydroxylation is 2. The van der Waals surface area contributed by atoms with E-state index in [2.05, 4.69) is 9.97 Å². The van der Waals surface area contributed by atoms with Gasteiger partial charge in [0.1, 0.15) is 10.7 Å². The van der Waals surface area contributed by atoms with Gasteiger partial charge in [-0.15, -0.1) is 11.3 Å². The minimum absolute atomic E-state index is 0.147. The van der Waals surface area contributed by atoms with Gasteiger partial charge in [0, 0.05) is 13.1 Å². The number of piperidine rings is 1. The van der Waals surface area contributed by atoms with E-state index in [1.54, 1.807) is 25.7 Å². The molecule has 2 aromatic rings. The van der Waals surface area contributed by atoms with E-state index in [0.717, 1.165) is 12.8 Å². The molecule has 1 aliphatic rings. The maximum absolute atomic E-state index is 13.0. The zero-order chi connectivity index (χ0) is 18.1. The number of carbonyl (C=O) groups excluding carboxylic acids is 2. The molecule has 1 atom stereocenters. The molecule has 0 radical (unpaired) electrons. The van der Waals surface area contributed by atoms with Gasteiger partial charge >= 0.3 is 5.97 Å². The van der Waals surface area contributed by atoms with Crippen molar-refractivity contribution in [3.63, 3.8) is 0 Å². The molecule has 3 heterocycles. The fourth-order valence-electron chi connectivity index (χ4n) is 3.21. The molecule has 1 fully saturated rings. The summed E-state index contributed by atoms with van der Waals surface area (Å²) in [7, 11) is 0. The lowest BCUT2D eigenvalue weighted by Crippen LogP contribution is -2.42. The summed E-state index contributed by atoms with van der Waals surface area (Å²) in [6.07, 6.45) is 1.49. The van der Waals surface area contributed by atoms with Gasteiger partial charge in [-0.1, -0.05) is 0 Å². The zero-order valence-electron chi connectivity index (χ0n) is 14.5. The lowest BCUT2D eigenvalue weighted by Gasteiger charge is -2.31. The van der Waals surface area contributed by atoms with E-state index in [1.807, 2.05) is 0 Å². The number of carbonyl (C=O) groups is 2. The summed E-state index contributed by atoms with van der Waals surface area (Å²) < 4.78 is 5.09. The monoisotopic (exact) mass is 363 g/mol. The highest BCUT2D eigenvalue weighted by atomic mass is 32.1. The molecule has 0 saturated carbocycles. The van der Waals surface area contributed by atoms with Crippen LogP contribution in [-0.2, 0) is 9.53 Å². The molecule has 7 nitrogen and oxygen atoms in total. The second-order valence-corrected chi connectivity index (χ2v) is 7.23. The van der Waals surface area contributed by atoms with Gasteiger partial charge in [-0.05, 0) is 39.2 Å². The maximum Gasteiger partial charge on any atom is 0.310 e. The quantitative estimate of drug-likeness (QED) is 0.842. The van der Waals surface area contributed by atoms with E-state index >= 15 is 0 Å². The lowest BCUT2D eigenvalue weighted by atomic mass is 9.98. The van der Waals surface area contributed by atoms with Crippen LogP contribution in [0.5, 0.6) is 0 Å². The molecule has 134 valence electrons. The van der Waals surface area contributed by atoms with Crippen molar-refractivity contribution in [3.8, 4) is 0 Å². The lowest BCUT2D eigenvalue weighted by molar-refractivity contribution is -0.149. The topological polar surface area (TPSA) is 92.4 Å². The van der Waals surface area contributed by atoms with Crippen LogP contribution in [0.2, 0.25) is 0 Å². The highest BCUT2D eigenvalue weighted by Crippen LogP contribution is 2.29. The molecule has 1 unspecified atom stereocenters. The van der Waals surface area contributed by atoms with Crippen molar-refractivity contribution in [1.82, 2.24) is 14.9 Å². The van der Waals surface area contributed by atoms with Crippen LogP contribution in [0, 0.1) is 19.8 Å². The Kier molecular flexibility index (Phi) is 4.89. The van der Waals surface area contributed by atoms with Crippen molar-refractivity contribution >= 4 is 33.4 Å². The Morgan fingerprint density at radius 3 is 2.88 bits per heavy atom. The van der Waals surface area contributed by atoms with Crippen molar-refractivity contribution in [2.45, 2.75) is 33.6 Å². The first-order valence-electron chi connectivity index (χ1n) is 8.38. The fourth-order valence-corrected chi connectivity index (χ4v) is 4.41. The number of nitrogens with zero attached hydrogens (tertiary/aromatic N) is 2. The fraction of sp³-hybridized carbons (Fsp3) is 0.529. The Bertz CT molecular complexity index is 886. The molecule has 1 amide bonds. The largest absolute Gasteiger partial charge is 0.466 e. The summed E-state index contributed by atoms with van der Waals surface area (Å²) in [4.78, 5) is 46.9. The van der Waals surface area contributed by atoms with Gasteiger partial charge in [-0.2, -0.15) is 0 Å². The summed E-state index contributed by atoms with van der Waals surface area (Å²) >= 11 is 1.24. The van der Waals surface area contributed by atoms with Gasteiger partial charge in [0.05, 0.1) is 22.8 Å². The maximum atomic E-state index is 13.0. The molecule has 3 rings (SSSR count). The number of hydrogen-bond acceptors (Lipinski definition) is 6. The van der Waals surface area contributed by atoms with E-state index < -0.39 is 0 Å². The second-order valence-electron chi connectivity index (χ2n) is 6.23. The Morgan fingerprint density at radius 1 is 1.40 bits per heavy atom. The summed E-state index contributed by atoms with van der Waals surface area (Å²) in [6, 6.07) is 0. The Hall–Kier alpha value is -2.22. The van der Waals surface area contributed by atoms with Crippen molar-refractivity contribution in [3.05, 3.63) is 26.6 Å². The van der Waals surface area contributed by atoms with Crippen LogP contribution >= 0.6 is 11.3 Å². The van der Waals surface area contributed by atoms with Crippen LogP contribution in [0.4, 0.5) is 0 Å². The number of esters is 1. The predicted molar refractivity (Wildman–Crippen MR) is 95.0 cm³/mol. The normalized spacial score (nSPS) is 17.7. The summed E-state index contributed by atoms with van der Waals surface area (Å²) in [5.41, 5.74) is 0.426. The number of fused-ring (bicyclic) bond motifs is 1. The molecular weight excluding hydrogens is 342 g/mol. The Balaban J connectivity index is 1.89. The van der Waals surface area contributed by atoms with Gasteiger partial charge in [0.25, 0.3) is 11.5 Å². The van der Waals surface area contributed by atoms with Gasteiger partial charge in [-0.3, -0.25) is 14.4 Å². The molecule has 0 bridgehead atoms. The second kappa shape index (κ2) is 6.95. The SMILES string of the molecule is CCOC(=O)C1CCCN(C(=O)c2sc3nc(C)[nH]c(=O)c3c2C)C1. The summed E-state index contributed by atoms with van der Waals surface area (Å²) in [5, 5.41) is 0.470. The first-order valence-corrected chi connectivity index (χ1v) is 9.20. The number of rotatable bonds is 3. The molecule has 8 heteroatoms. The highest BCUT2D eigenvalue weighted by molar-refractivity contribution is 7.20. The van der Waals surface area contributed by atoms with Crippen LogP contribution in [0.25, 0.3) is 10.2 Å². The Morgan fingerprint density at radius 2 is 2.16 bits per heavy atom. The Labute approximate surface area is 149 Å². The van der Waals surface area contributed by atoms with Crippen LogP contribution in [0.1, 0.15) is 40.8 Å². The van der Waals surface area contributed by atoms with E-state index in [1.165, 1.54) is 11.3 Å². The summed E-state index contributed by atoms with van der Waals surface area (Å²) in [6.45, 7) is 6.56. The van der Waals surface area contributed by atoms with Gasteiger partial charge in [0.2, 0.25) is 0 Å². The van der Waals surface area contributed by atoms with E-state index in [4.69, 9.17) is 4.74 Å². The average molecular weight is 363 g/mol. The van der Waals surface area contributed by atoms with Crippen LogP contribution in [0.15, 0.2) is 4.79 Å². The molecule has 1 saturated heterocycles. The number of amides is 1. The first kappa shape index (κ1) is 17.6. The summed E-state index contributed by atoms with van der Waals surface area (Å²) in [5.74, 6) is -0.150. The van der Waals surface area contributed by atoms with E-state index in [0.29, 0.717) is 46.2 Å². The van der Waals surface area contributed by atoms with E-state index in [9.17, 15) is 14.4 Å². The third-order valence-electron chi connectivity index (χ3n) is 4.44. The first-order chi connectivity index (χ1) is 11.9. The van der Waals surface area contributed by atoms with Gasteiger partial charge in [-0.25, -0.2) is 4.98 Å². The molecule has 0 aliphatic carbocycles. The predicted octanol–water partition coefficient (Wildman–Crippen LogP) is 2.02. The smallest absolute Gasteiger partial charge is 0.310 e. The number of ether oxygens (including phenoxy) is 1. The molecule has 1 N–H and O–H groups in total. The molecule has 1 aliphatic heterocycles.